The molecule has 0 aromatic rings. The Bertz CT molecular complexity index is 1550. The van der Waals surface area contributed by atoms with E-state index < -0.39 is 154 Å². The summed E-state index contributed by atoms with van der Waals surface area (Å²) in [5, 5.41) is 132. The number of rotatable bonds is 27. The van der Waals surface area contributed by atoms with Crippen LogP contribution in [0.1, 0.15) is 0 Å². The lowest BCUT2D eigenvalue weighted by Crippen LogP contribution is -3.00. The molecule has 74 heavy (non-hydrogen) atoms. The molecule has 0 bridgehead atoms. The van der Waals surface area contributed by atoms with E-state index in [1.165, 1.54) is 14.2 Å². The summed E-state index contributed by atoms with van der Waals surface area (Å²) in [5.41, 5.74) is 0. The summed E-state index contributed by atoms with van der Waals surface area (Å²) < 4.78 is 71.0. The second kappa shape index (κ2) is 31.7. The Morgan fingerprint density at radius 3 is 1.05 bits per heavy atom. The zero-order valence-corrected chi connectivity index (χ0v) is 46.4. The summed E-state index contributed by atoms with van der Waals surface area (Å²) in [6.07, 6.45) is -35.2. The van der Waals surface area contributed by atoms with Crippen LogP contribution < -0.4 is 37.2 Å². The zero-order chi connectivity index (χ0) is 53.3. The number of halogens is 3. The quantitative estimate of drug-likeness (QED) is 0.0340. The lowest BCUT2D eigenvalue weighted by molar-refractivity contribution is -0.873. The number of hydrogen-bond donors (Lipinski definition) is 12. The molecule has 12 N–H and O–H groups in total. The first-order valence-electron chi connectivity index (χ1n) is 23.9. The van der Waals surface area contributed by atoms with Gasteiger partial charge in [0.25, 0.3) is 0 Å². The van der Waals surface area contributed by atoms with Gasteiger partial charge in [-0.15, -0.1) is 0 Å². The van der Waals surface area contributed by atoms with Crippen LogP contribution in [0.25, 0.3) is 0 Å². The van der Waals surface area contributed by atoms with Crippen LogP contribution >= 0.6 is 0 Å². The number of hydrogen-bond acceptors (Lipinski definition) is 24. The minimum atomic E-state index is -2.02. The Balaban J connectivity index is 0.00000913. The van der Waals surface area contributed by atoms with Gasteiger partial charge in [-0.05, 0) is 0 Å². The smallest absolute Gasteiger partial charge is 0.187 e. The van der Waals surface area contributed by atoms with Gasteiger partial charge in [-0.3, -0.25) is 0 Å². The van der Waals surface area contributed by atoms with Gasteiger partial charge in [-0.25, -0.2) is 0 Å². The average Bonchev–Trinajstić information content (AvgIpc) is 3.25. The Hall–Kier alpha value is -0.210. The van der Waals surface area contributed by atoms with Crippen LogP contribution in [0.3, 0.4) is 0 Å². The normalized spacial score (nSPS) is 38.5. The highest BCUT2D eigenvalue weighted by Crippen LogP contribution is 2.34. The van der Waals surface area contributed by atoms with Gasteiger partial charge in [-0.2, -0.15) is 0 Å². The molecule has 0 spiro atoms. The monoisotopic (exact) mass is 1150 g/mol. The number of ether oxygens (including phenoxy) is 12. The number of nitrogens with zero attached hydrogens (tertiary/aromatic N) is 3. The number of quaternary nitrogens is 3. The molecule has 27 nitrogen and oxygen atoms in total. The highest BCUT2D eigenvalue weighted by atomic mass is 35.5. The van der Waals surface area contributed by atoms with E-state index in [2.05, 4.69) is 0 Å². The Morgan fingerprint density at radius 1 is 0.365 bits per heavy atom. The molecule has 444 valence electrons. The van der Waals surface area contributed by atoms with Crippen LogP contribution in [0.4, 0.5) is 0 Å². The van der Waals surface area contributed by atoms with Gasteiger partial charge in [0, 0.05) is 14.2 Å². The van der Waals surface area contributed by atoms with Crippen LogP contribution in [-0.2, 0) is 56.8 Å². The van der Waals surface area contributed by atoms with E-state index in [1.54, 1.807) is 0 Å². The second-order valence-corrected chi connectivity index (χ2v) is 22.1. The number of likely N-dealkylation sites (N-methyl/N-ethyl adjacent to an activating group) is 3. The zero-order valence-electron chi connectivity index (χ0n) is 44.1. The standard InChI is InChI=1S/C44H88N3O24.3ClH/c1-45(2,3)12-22(48)15-62-18-25-29(51)30(52)34(56)42(66-25)65-21-28-40(32(54)35(57)41(61-11)67-28)71-44-37(59)33(55)39(27(69-44)20-64-17-24(50)14-47(7,8)9)70-43-36(58)31(53)38(60-10)26(68-43)19-63-16-23(49)13-46(4,5)6;;;/h22-44,48-59H,12-21H2,1-11H3;3*1H/q+3;;;/p-3/t22?,23?,24?,25-,26-,27?,28-,29-,30?,31?,32?,33-,34?,35?,36?,37?,38+,39+,40+,41+,42-,43+,44-;;;/m0.../s1. The second-order valence-electron chi connectivity index (χ2n) is 22.1. The fourth-order valence-corrected chi connectivity index (χ4v) is 8.87. The third-order valence-electron chi connectivity index (χ3n) is 12.2. The first-order valence-corrected chi connectivity index (χ1v) is 23.9. The van der Waals surface area contributed by atoms with Gasteiger partial charge in [0.2, 0.25) is 0 Å². The van der Waals surface area contributed by atoms with Crippen LogP contribution in [0.5, 0.6) is 0 Å². The minimum absolute atomic E-state index is 0. The summed E-state index contributed by atoms with van der Waals surface area (Å²) in [6.45, 7) is -1.07. The SMILES string of the molecule is CO[C@@H]1O[C@@H](CO[C@H]2O[C@@H](COCC(O)C[N+](C)(C)C)[C@H](O)C(O)C2O)[C@@H](O[C@@H]2OC(COCC(O)C[N+](C)(C)C)[C@@H](O[C@H]3O[C@@H](COCC(O)C[N+](C)(C)C)[C@@H](OC)C(O)C3O)[C@@H](O)C2O)C(O)C1O.[Cl-].[Cl-].[Cl-]. The molecule has 4 heterocycles. The molecular weight excluding hydrogens is 1060 g/mol. The molecule has 4 fully saturated rings. The van der Waals surface area contributed by atoms with Crippen molar-refractivity contribution >= 4 is 0 Å². The predicted octanol–water partition coefficient (Wildman–Crippen LogP) is -17.2. The van der Waals surface area contributed by atoms with Crippen LogP contribution in [0, 0.1) is 0 Å². The molecule has 0 aromatic carbocycles. The van der Waals surface area contributed by atoms with E-state index in [1.807, 2.05) is 63.4 Å². The third-order valence-corrected chi connectivity index (χ3v) is 12.2. The first-order chi connectivity index (χ1) is 32.9. The average molecular weight is 1150 g/mol. The van der Waals surface area contributed by atoms with E-state index in [9.17, 15) is 61.3 Å². The maximum Gasteiger partial charge on any atom is 0.187 e. The van der Waals surface area contributed by atoms with Crippen LogP contribution in [-0.4, -0.2) is 359 Å². The fourth-order valence-electron chi connectivity index (χ4n) is 8.87. The van der Waals surface area contributed by atoms with Crippen molar-refractivity contribution in [1.29, 1.82) is 0 Å². The van der Waals surface area contributed by atoms with Gasteiger partial charge < -0.3 is 169 Å². The molecule has 0 aliphatic carbocycles. The molecule has 4 aliphatic rings. The number of aliphatic hydroxyl groups is 12. The van der Waals surface area contributed by atoms with Crippen LogP contribution in [0.15, 0.2) is 0 Å². The van der Waals surface area contributed by atoms with Gasteiger partial charge >= 0.3 is 0 Å². The Morgan fingerprint density at radius 2 is 0.676 bits per heavy atom. The molecule has 0 amide bonds. The minimum Gasteiger partial charge on any atom is -1.00 e. The summed E-state index contributed by atoms with van der Waals surface area (Å²) >= 11 is 0. The van der Waals surface area contributed by atoms with Crippen molar-refractivity contribution in [2.45, 2.75) is 141 Å². The van der Waals surface area contributed by atoms with Crippen molar-refractivity contribution in [3.63, 3.8) is 0 Å². The van der Waals surface area contributed by atoms with Gasteiger partial charge in [0.15, 0.2) is 25.2 Å². The highest BCUT2D eigenvalue weighted by Gasteiger charge is 2.55. The van der Waals surface area contributed by atoms with E-state index in [4.69, 9.17) is 56.8 Å². The lowest BCUT2D eigenvalue weighted by atomic mass is 9.96. The van der Waals surface area contributed by atoms with Gasteiger partial charge in [-0.1, -0.05) is 0 Å². The largest absolute Gasteiger partial charge is 1.00 e. The van der Waals surface area contributed by atoms with E-state index in [0.29, 0.717) is 26.5 Å². The summed E-state index contributed by atoms with van der Waals surface area (Å²) in [5.74, 6) is 0. The summed E-state index contributed by atoms with van der Waals surface area (Å²) in [6, 6.07) is 0. The topological polar surface area (TPSA) is 354 Å². The molecule has 11 unspecified atom stereocenters. The van der Waals surface area contributed by atoms with Crippen molar-refractivity contribution in [3.05, 3.63) is 0 Å². The molecule has 30 heteroatoms. The lowest BCUT2D eigenvalue weighted by Gasteiger charge is -2.48. The molecule has 0 aromatic heterocycles. The highest BCUT2D eigenvalue weighted by molar-refractivity contribution is 4.97. The van der Waals surface area contributed by atoms with Crippen molar-refractivity contribution in [2.75, 3.05) is 144 Å². The Labute approximate surface area is 452 Å². The maximum atomic E-state index is 11.8. The molecule has 23 atom stereocenters. The molecule has 4 saturated heterocycles. The molecule has 0 saturated carbocycles. The summed E-state index contributed by atoms with van der Waals surface area (Å²) in [4.78, 5) is 0. The van der Waals surface area contributed by atoms with Crippen molar-refractivity contribution < 1.29 is 169 Å². The molecule has 0 radical (unpaired) electrons. The molecular formula is C44H88Cl3N3O24. The summed E-state index contributed by atoms with van der Waals surface area (Å²) in [7, 11) is 19.4. The molecule has 4 aliphatic heterocycles. The van der Waals surface area contributed by atoms with Crippen LogP contribution in [0.2, 0.25) is 0 Å². The van der Waals surface area contributed by atoms with E-state index >= 15 is 0 Å². The molecule has 4 rings (SSSR count). The maximum absolute atomic E-state index is 11.8. The number of methoxy groups -OCH3 is 2. The van der Waals surface area contributed by atoms with Gasteiger partial charge in [0.05, 0.1) is 110 Å². The third kappa shape index (κ3) is 21.4. The van der Waals surface area contributed by atoms with Crippen molar-refractivity contribution in [3.8, 4) is 0 Å². The van der Waals surface area contributed by atoms with Crippen molar-refractivity contribution in [2.24, 2.45) is 0 Å². The first kappa shape index (κ1) is 71.8. The van der Waals surface area contributed by atoms with Gasteiger partial charge in [0.1, 0.15) is 136 Å². The number of aliphatic hydroxyl groups excluding tert-OH is 12. The fraction of sp³-hybridized carbons (Fsp3) is 1.00. The van der Waals surface area contributed by atoms with E-state index in [0.717, 1.165) is 0 Å². The van der Waals surface area contributed by atoms with Crippen molar-refractivity contribution in [1.82, 2.24) is 0 Å². The Kier molecular flexibility index (Phi) is 30.8. The van der Waals surface area contributed by atoms with E-state index in [-0.39, 0.29) is 76.8 Å². The predicted molar refractivity (Wildman–Crippen MR) is 241 cm³/mol.